The van der Waals surface area contributed by atoms with Crippen LogP contribution in [0.5, 0.6) is 0 Å². The van der Waals surface area contributed by atoms with Crippen LogP contribution in [-0.4, -0.2) is 10.5 Å². The summed E-state index contributed by atoms with van der Waals surface area (Å²) in [7, 11) is 0. The normalized spacial score (nSPS) is 10.7. The van der Waals surface area contributed by atoms with Gasteiger partial charge in [-0.15, -0.1) is 0 Å². The van der Waals surface area contributed by atoms with Crippen molar-refractivity contribution in [1.82, 2.24) is 4.57 Å². The van der Waals surface area contributed by atoms with Crippen LogP contribution in [0.15, 0.2) is 59.5 Å². The molecule has 0 atom stereocenters. The summed E-state index contributed by atoms with van der Waals surface area (Å²) in [5, 5.41) is 3.54. The van der Waals surface area contributed by atoms with Gasteiger partial charge in [-0.3, -0.25) is 9.59 Å². The zero-order chi connectivity index (χ0) is 19.6. The van der Waals surface area contributed by atoms with E-state index in [1.54, 1.807) is 37.3 Å². The van der Waals surface area contributed by atoms with Crippen molar-refractivity contribution in [3.05, 3.63) is 97.6 Å². The van der Waals surface area contributed by atoms with Gasteiger partial charge in [0.15, 0.2) is 0 Å². The number of carbonyl (C=O) groups excluding carboxylic acids is 1. The molecule has 0 spiro atoms. The molecule has 0 fully saturated rings. The van der Waals surface area contributed by atoms with Crippen LogP contribution >= 0.6 is 23.2 Å². The molecule has 0 aliphatic carbocycles. The molecule has 138 valence electrons. The summed E-state index contributed by atoms with van der Waals surface area (Å²) < 4.78 is 15.0. The highest BCUT2D eigenvalue weighted by molar-refractivity contribution is 6.35. The molecule has 4 nitrogen and oxygen atoms in total. The van der Waals surface area contributed by atoms with Gasteiger partial charge in [0.25, 0.3) is 11.5 Å². The number of rotatable bonds is 4. The first-order valence-corrected chi connectivity index (χ1v) is 8.81. The van der Waals surface area contributed by atoms with Crippen LogP contribution in [0.2, 0.25) is 10.0 Å². The molecule has 27 heavy (non-hydrogen) atoms. The summed E-state index contributed by atoms with van der Waals surface area (Å²) in [6.07, 6.45) is 1.44. The standard InChI is InChI=1S/C20H15Cl2FN2O2/c1-12-2-6-16(9-18(12)23)24-20(27)14-4-7-19(26)25(11-14)10-13-3-5-15(21)8-17(13)22/h2-9,11H,10H2,1H3,(H,24,27). The fourth-order valence-corrected chi connectivity index (χ4v) is 2.96. The highest BCUT2D eigenvalue weighted by Crippen LogP contribution is 2.21. The van der Waals surface area contributed by atoms with Gasteiger partial charge in [0.2, 0.25) is 0 Å². The van der Waals surface area contributed by atoms with Crippen molar-refractivity contribution < 1.29 is 9.18 Å². The predicted octanol–water partition coefficient (Wildman–Crippen LogP) is 4.90. The number of halogens is 3. The number of aromatic nitrogens is 1. The summed E-state index contributed by atoms with van der Waals surface area (Å²) in [6, 6.07) is 12.1. The van der Waals surface area contributed by atoms with Crippen LogP contribution in [0.25, 0.3) is 0 Å². The summed E-state index contributed by atoms with van der Waals surface area (Å²) in [5.41, 5.74) is 1.50. The lowest BCUT2D eigenvalue weighted by Gasteiger charge is -2.11. The van der Waals surface area contributed by atoms with Crippen LogP contribution in [-0.2, 0) is 6.54 Å². The number of nitrogens with zero attached hydrogens (tertiary/aromatic N) is 1. The van der Waals surface area contributed by atoms with Crippen molar-refractivity contribution in [3.8, 4) is 0 Å². The zero-order valence-corrected chi connectivity index (χ0v) is 15.8. The van der Waals surface area contributed by atoms with Crippen LogP contribution in [0, 0.1) is 12.7 Å². The van der Waals surface area contributed by atoms with Crippen molar-refractivity contribution >= 4 is 34.8 Å². The van der Waals surface area contributed by atoms with E-state index in [1.807, 2.05) is 0 Å². The van der Waals surface area contributed by atoms with E-state index < -0.39 is 11.7 Å². The highest BCUT2D eigenvalue weighted by atomic mass is 35.5. The topological polar surface area (TPSA) is 51.1 Å². The van der Waals surface area contributed by atoms with Gasteiger partial charge in [-0.1, -0.05) is 35.3 Å². The van der Waals surface area contributed by atoms with E-state index in [4.69, 9.17) is 23.2 Å². The summed E-state index contributed by atoms with van der Waals surface area (Å²) >= 11 is 12.0. The maximum atomic E-state index is 13.6. The number of nitrogens with one attached hydrogen (secondary N) is 1. The van der Waals surface area contributed by atoms with Gasteiger partial charge in [-0.25, -0.2) is 4.39 Å². The second-order valence-electron chi connectivity index (χ2n) is 6.04. The van der Waals surface area contributed by atoms with Crippen molar-refractivity contribution in [3.63, 3.8) is 0 Å². The number of anilines is 1. The Kier molecular flexibility index (Phi) is 5.63. The van der Waals surface area contributed by atoms with E-state index in [9.17, 15) is 14.0 Å². The lowest BCUT2D eigenvalue weighted by Crippen LogP contribution is -2.22. The molecule has 3 rings (SSSR count). The van der Waals surface area contributed by atoms with Gasteiger partial charge in [-0.2, -0.15) is 0 Å². The maximum absolute atomic E-state index is 13.6. The monoisotopic (exact) mass is 404 g/mol. The third-order valence-electron chi connectivity index (χ3n) is 4.03. The molecule has 0 saturated heterocycles. The van der Waals surface area contributed by atoms with E-state index in [2.05, 4.69) is 5.32 Å². The van der Waals surface area contributed by atoms with Crippen LogP contribution in [0.4, 0.5) is 10.1 Å². The quantitative estimate of drug-likeness (QED) is 0.671. The van der Waals surface area contributed by atoms with Gasteiger partial charge in [0.1, 0.15) is 5.82 Å². The van der Waals surface area contributed by atoms with E-state index in [1.165, 1.54) is 29.0 Å². The van der Waals surface area contributed by atoms with Gasteiger partial charge in [0.05, 0.1) is 12.1 Å². The average Bonchev–Trinajstić information content (AvgIpc) is 2.62. The largest absolute Gasteiger partial charge is 0.322 e. The van der Waals surface area contributed by atoms with E-state index in [-0.39, 0.29) is 17.7 Å². The maximum Gasteiger partial charge on any atom is 0.257 e. The number of carbonyl (C=O) groups is 1. The Morgan fingerprint density at radius 1 is 1.11 bits per heavy atom. The molecule has 0 radical (unpaired) electrons. The predicted molar refractivity (Wildman–Crippen MR) is 105 cm³/mol. The number of benzene rings is 2. The van der Waals surface area contributed by atoms with Gasteiger partial charge in [-0.05, 0) is 48.4 Å². The number of hydrogen-bond donors (Lipinski definition) is 1. The Hall–Kier alpha value is -2.63. The number of amides is 1. The summed E-state index contributed by atoms with van der Waals surface area (Å²) in [5.74, 6) is -0.857. The fraction of sp³-hybridized carbons (Fsp3) is 0.100. The fourth-order valence-electron chi connectivity index (χ4n) is 2.50. The highest BCUT2D eigenvalue weighted by Gasteiger charge is 2.11. The lowest BCUT2D eigenvalue weighted by atomic mass is 10.2. The molecule has 1 N–H and O–H groups in total. The van der Waals surface area contributed by atoms with Crippen molar-refractivity contribution in [2.75, 3.05) is 5.32 Å². The van der Waals surface area contributed by atoms with Crippen molar-refractivity contribution in [2.24, 2.45) is 0 Å². The molecule has 0 unspecified atom stereocenters. The van der Waals surface area contributed by atoms with Crippen LogP contribution in [0.1, 0.15) is 21.5 Å². The molecule has 0 aliphatic heterocycles. The van der Waals surface area contributed by atoms with Crippen LogP contribution in [0.3, 0.4) is 0 Å². The summed E-state index contributed by atoms with van der Waals surface area (Å²) in [6.45, 7) is 1.83. The second kappa shape index (κ2) is 7.94. The lowest BCUT2D eigenvalue weighted by molar-refractivity contribution is 0.102. The average molecular weight is 405 g/mol. The zero-order valence-electron chi connectivity index (χ0n) is 14.3. The third kappa shape index (κ3) is 4.56. The van der Waals surface area contributed by atoms with Crippen molar-refractivity contribution in [2.45, 2.75) is 13.5 Å². The molecule has 0 saturated carbocycles. The molecule has 0 bridgehead atoms. The first-order chi connectivity index (χ1) is 12.8. The second-order valence-corrected chi connectivity index (χ2v) is 6.88. The Morgan fingerprint density at radius 3 is 2.59 bits per heavy atom. The molecular formula is C20H15Cl2FN2O2. The van der Waals surface area contributed by atoms with Gasteiger partial charge >= 0.3 is 0 Å². The number of aryl methyl sites for hydroxylation is 1. The minimum absolute atomic E-state index is 0.190. The number of hydrogen-bond acceptors (Lipinski definition) is 2. The molecule has 2 aromatic carbocycles. The first-order valence-electron chi connectivity index (χ1n) is 8.05. The molecular weight excluding hydrogens is 390 g/mol. The smallest absolute Gasteiger partial charge is 0.257 e. The Labute approximate surface area is 165 Å². The van der Waals surface area contributed by atoms with Crippen LogP contribution < -0.4 is 10.9 Å². The minimum Gasteiger partial charge on any atom is -0.322 e. The minimum atomic E-state index is -0.450. The molecule has 7 heteroatoms. The van der Waals surface area contributed by atoms with Crippen molar-refractivity contribution in [1.29, 1.82) is 0 Å². The summed E-state index contributed by atoms with van der Waals surface area (Å²) in [4.78, 5) is 24.6. The third-order valence-corrected chi connectivity index (χ3v) is 4.62. The SMILES string of the molecule is Cc1ccc(NC(=O)c2ccc(=O)n(Cc3ccc(Cl)cc3Cl)c2)cc1F. The van der Waals surface area contributed by atoms with E-state index in [0.29, 0.717) is 26.9 Å². The molecule has 1 amide bonds. The van der Waals surface area contributed by atoms with E-state index in [0.717, 1.165) is 0 Å². The Balaban J connectivity index is 1.84. The van der Waals surface area contributed by atoms with E-state index >= 15 is 0 Å². The first kappa shape index (κ1) is 19.1. The number of pyridine rings is 1. The Morgan fingerprint density at radius 2 is 1.89 bits per heavy atom. The molecule has 0 aliphatic rings. The molecule has 1 aromatic heterocycles. The molecule has 1 heterocycles. The van der Waals surface area contributed by atoms with Gasteiger partial charge < -0.3 is 9.88 Å². The van der Waals surface area contributed by atoms with Gasteiger partial charge in [0, 0.05) is 28.0 Å². The Bertz CT molecular complexity index is 1080. The molecule has 3 aromatic rings.